The first kappa shape index (κ1) is 16.7. The molecule has 2 rings (SSSR count). The molecular formula is C15H11ClO7. The molecule has 1 fully saturated rings. The van der Waals surface area contributed by atoms with Crippen molar-refractivity contribution in [1.29, 1.82) is 0 Å². The zero-order valence-electron chi connectivity index (χ0n) is 11.6. The van der Waals surface area contributed by atoms with Crippen molar-refractivity contribution in [3.05, 3.63) is 29.3 Å². The first-order chi connectivity index (χ1) is 10.7. The van der Waals surface area contributed by atoms with Crippen LogP contribution in [-0.2, 0) is 19.2 Å². The summed E-state index contributed by atoms with van der Waals surface area (Å²) >= 11 is 5.91. The molecule has 0 radical (unpaired) electrons. The highest BCUT2D eigenvalue weighted by atomic mass is 35.5. The van der Waals surface area contributed by atoms with Crippen LogP contribution in [0.4, 0.5) is 0 Å². The normalized spacial score (nSPS) is 16.4. The number of carbonyl (C=O) groups excluding carboxylic acids is 4. The standard InChI is InChI=1S/C15H11ClO7/c16-14(6-1-12(21)15(23)13(22)2-6)11(20)5-8-9(18)3-7(17)4-10(8)19/h1-2,5,14,21-23H,3-4H2. The van der Waals surface area contributed by atoms with Gasteiger partial charge in [0, 0.05) is 0 Å². The molecule has 1 aliphatic carbocycles. The molecule has 1 aromatic carbocycles. The third-order valence-corrected chi connectivity index (χ3v) is 3.70. The van der Waals surface area contributed by atoms with Crippen LogP contribution >= 0.6 is 11.6 Å². The Kier molecular flexibility index (Phi) is 4.51. The molecule has 3 N–H and O–H groups in total. The summed E-state index contributed by atoms with van der Waals surface area (Å²) in [5.41, 5.74) is -0.430. The van der Waals surface area contributed by atoms with Crippen LogP contribution in [0, 0.1) is 0 Å². The first-order valence-corrected chi connectivity index (χ1v) is 6.87. The van der Waals surface area contributed by atoms with E-state index in [1.165, 1.54) is 0 Å². The molecule has 1 aliphatic rings. The van der Waals surface area contributed by atoms with Gasteiger partial charge in [-0.1, -0.05) is 0 Å². The van der Waals surface area contributed by atoms with Gasteiger partial charge in [0.05, 0.1) is 18.4 Å². The van der Waals surface area contributed by atoms with Gasteiger partial charge in [-0.25, -0.2) is 0 Å². The molecule has 1 unspecified atom stereocenters. The molecule has 0 heterocycles. The highest BCUT2D eigenvalue weighted by Crippen LogP contribution is 2.38. The summed E-state index contributed by atoms with van der Waals surface area (Å²) in [5, 5.41) is 26.7. The molecule has 23 heavy (non-hydrogen) atoms. The Bertz CT molecular complexity index is 718. The average Bonchev–Trinajstić information content (AvgIpc) is 2.46. The van der Waals surface area contributed by atoms with E-state index in [-0.39, 0.29) is 5.56 Å². The molecule has 1 atom stereocenters. The Balaban J connectivity index is 2.30. The number of carbonyl (C=O) groups is 4. The van der Waals surface area contributed by atoms with Crippen molar-refractivity contribution in [2.24, 2.45) is 0 Å². The van der Waals surface area contributed by atoms with Gasteiger partial charge in [0.1, 0.15) is 11.2 Å². The number of ketones is 4. The van der Waals surface area contributed by atoms with Crippen LogP contribution in [0.1, 0.15) is 23.8 Å². The molecule has 7 nitrogen and oxygen atoms in total. The molecule has 0 aliphatic heterocycles. The molecule has 0 aromatic heterocycles. The topological polar surface area (TPSA) is 129 Å². The van der Waals surface area contributed by atoms with Gasteiger partial charge in [-0.15, -0.1) is 11.6 Å². The monoisotopic (exact) mass is 338 g/mol. The molecule has 8 heteroatoms. The van der Waals surface area contributed by atoms with Crippen molar-refractivity contribution in [3.8, 4) is 17.2 Å². The summed E-state index contributed by atoms with van der Waals surface area (Å²) in [5.74, 6) is -4.97. The quantitative estimate of drug-likeness (QED) is 0.247. The van der Waals surface area contributed by atoms with Crippen LogP contribution in [0.2, 0.25) is 0 Å². The second kappa shape index (κ2) is 6.21. The maximum absolute atomic E-state index is 12.1. The van der Waals surface area contributed by atoms with Crippen molar-refractivity contribution in [3.63, 3.8) is 0 Å². The van der Waals surface area contributed by atoms with E-state index in [0.29, 0.717) is 0 Å². The van der Waals surface area contributed by atoms with Gasteiger partial charge in [-0.3, -0.25) is 19.2 Å². The SMILES string of the molecule is O=C1CC(=O)C(=CC(=O)C(Cl)c2cc(O)c(O)c(O)c2)C(=O)C1. The molecular weight excluding hydrogens is 328 g/mol. The molecule has 0 amide bonds. The van der Waals surface area contributed by atoms with Crippen LogP contribution in [0.3, 0.4) is 0 Å². The van der Waals surface area contributed by atoms with E-state index >= 15 is 0 Å². The fourth-order valence-electron chi connectivity index (χ4n) is 2.08. The number of halogens is 1. The van der Waals surface area contributed by atoms with Gasteiger partial charge in [0.2, 0.25) is 0 Å². The molecule has 120 valence electrons. The lowest BCUT2D eigenvalue weighted by Gasteiger charge is -2.12. The van der Waals surface area contributed by atoms with Crippen LogP contribution in [-0.4, -0.2) is 38.5 Å². The van der Waals surface area contributed by atoms with E-state index in [4.69, 9.17) is 11.6 Å². The highest BCUT2D eigenvalue weighted by molar-refractivity contribution is 6.37. The van der Waals surface area contributed by atoms with E-state index < -0.39 is 64.2 Å². The number of allylic oxidation sites excluding steroid dienone is 2. The van der Waals surface area contributed by atoms with Crippen molar-refractivity contribution < 1.29 is 34.5 Å². The van der Waals surface area contributed by atoms with Crippen molar-refractivity contribution >= 4 is 34.7 Å². The van der Waals surface area contributed by atoms with E-state index in [2.05, 4.69) is 0 Å². The number of Topliss-reactive ketones (excluding diaryl/α,β-unsaturated/α-hetero) is 3. The molecule has 1 saturated carbocycles. The zero-order chi connectivity index (χ0) is 17.3. The van der Waals surface area contributed by atoms with E-state index in [0.717, 1.165) is 18.2 Å². The largest absolute Gasteiger partial charge is 0.504 e. The van der Waals surface area contributed by atoms with Crippen molar-refractivity contribution in [1.82, 2.24) is 0 Å². The number of benzene rings is 1. The third kappa shape index (κ3) is 3.40. The van der Waals surface area contributed by atoms with Gasteiger partial charge in [0.15, 0.2) is 34.6 Å². The van der Waals surface area contributed by atoms with Crippen molar-refractivity contribution in [2.75, 3.05) is 0 Å². The molecule has 1 aromatic rings. The minimum atomic E-state index is -1.40. The lowest BCUT2D eigenvalue weighted by atomic mass is 9.90. The number of phenols is 3. The fourth-order valence-corrected chi connectivity index (χ4v) is 2.27. The maximum Gasteiger partial charge on any atom is 0.200 e. The van der Waals surface area contributed by atoms with Gasteiger partial charge >= 0.3 is 0 Å². The van der Waals surface area contributed by atoms with Crippen molar-refractivity contribution in [2.45, 2.75) is 18.2 Å². The van der Waals surface area contributed by atoms with E-state index in [9.17, 15) is 34.5 Å². The Morgan fingerprint density at radius 2 is 1.52 bits per heavy atom. The lowest BCUT2D eigenvalue weighted by molar-refractivity contribution is -0.132. The average molecular weight is 339 g/mol. The van der Waals surface area contributed by atoms with Gasteiger partial charge in [-0.05, 0) is 23.8 Å². The summed E-state index contributed by atoms with van der Waals surface area (Å²) in [6.07, 6.45) is -0.132. The molecule has 0 saturated heterocycles. The smallest absolute Gasteiger partial charge is 0.200 e. The first-order valence-electron chi connectivity index (χ1n) is 6.43. The maximum atomic E-state index is 12.1. The Hall–Kier alpha value is -2.67. The predicted molar refractivity (Wildman–Crippen MR) is 77.4 cm³/mol. The zero-order valence-corrected chi connectivity index (χ0v) is 12.3. The highest BCUT2D eigenvalue weighted by Gasteiger charge is 2.30. The fraction of sp³-hybridized carbons (Fsp3) is 0.200. The number of hydrogen-bond acceptors (Lipinski definition) is 7. The van der Waals surface area contributed by atoms with Gasteiger partial charge in [-0.2, -0.15) is 0 Å². The van der Waals surface area contributed by atoms with E-state index in [1.54, 1.807) is 0 Å². The van der Waals surface area contributed by atoms with E-state index in [1.807, 2.05) is 0 Å². The molecule has 0 spiro atoms. The number of aromatic hydroxyl groups is 3. The van der Waals surface area contributed by atoms with Crippen LogP contribution in [0.5, 0.6) is 17.2 Å². The minimum absolute atomic E-state index is 0.0342. The lowest BCUT2D eigenvalue weighted by Crippen LogP contribution is -2.26. The summed E-state index contributed by atoms with van der Waals surface area (Å²) in [6.45, 7) is 0. The molecule has 0 bridgehead atoms. The Morgan fingerprint density at radius 1 is 1.04 bits per heavy atom. The minimum Gasteiger partial charge on any atom is -0.504 e. The third-order valence-electron chi connectivity index (χ3n) is 3.24. The summed E-state index contributed by atoms with van der Waals surface area (Å²) in [4.78, 5) is 46.5. The number of alkyl halides is 1. The number of hydrogen-bond donors (Lipinski definition) is 3. The summed E-state index contributed by atoms with van der Waals surface area (Å²) in [6, 6.07) is 1.94. The second-order valence-electron chi connectivity index (χ2n) is 4.97. The van der Waals surface area contributed by atoms with Crippen LogP contribution < -0.4 is 0 Å². The van der Waals surface area contributed by atoms with Crippen LogP contribution in [0.15, 0.2) is 23.8 Å². The number of rotatable bonds is 3. The predicted octanol–water partition coefficient (Wildman–Crippen LogP) is 1.08. The summed E-state index contributed by atoms with van der Waals surface area (Å²) < 4.78 is 0. The van der Waals surface area contributed by atoms with Crippen LogP contribution in [0.25, 0.3) is 0 Å². The van der Waals surface area contributed by atoms with Gasteiger partial charge in [0.25, 0.3) is 0 Å². The second-order valence-corrected chi connectivity index (χ2v) is 5.41. The Morgan fingerprint density at radius 3 is 2.00 bits per heavy atom. The number of phenolic OH excluding ortho intramolecular Hbond substituents is 3. The Labute approximate surface area is 134 Å². The van der Waals surface area contributed by atoms with Gasteiger partial charge < -0.3 is 15.3 Å². The summed E-state index contributed by atoms with van der Waals surface area (Å²) in [7, 11) is 0.